The molecule has 0 spiro atoms. The van der Waals surface area contributed by atoms with Crippen molar-refractivity contribution < 1.29 is 4.74 Å². The quantitative estimate of drug-likeness (QED) is 0.120. The van der Waals surface area contributed by atoms with Gasteiger partial charge in [-0.15, -0.1) is 0 Å². The van der Waals surface area contributed by atoms with Gasteiger partial charge in [-0.2, -0.15) is 0 Å². The standard InChI is InChI=1S/C78H61B2N5O/c1-52(2)61-38-20-24-42-67(61)85(68-43-25-21-39-62(68)53(3)4)58-46-73-77-74(47-58)83(56-32-14-7-15-33-56)71-51-72-66(50-65(71)79(77)63-40-22-26-44-69(63)81(73)54-28-10-5-11-29-54)80-64-41-23-27-45-70(64)82(55-30-12-6-13-31-55)75-48-60(86-59-36-18-9-19-37-59)49-76(78(75)80)84(72)57-34-16-8-17-35-57/h5-53H,1-4H3. The minimum absolute atomic E-state index is 0.147. The van der Waals surface area contributed by atoms with Crippen LogP contribution in [0.1, 0.15) is 50.7 Å². The van der Waals surface area contributed by atoms with Crippen molar-refractivity contribution >= 4 is 132 Å². The predicted octanol–water partition coefficient (Wildman–Crippen LogP) is 17.4. The lowest BCUT2D eigenvalue weighted by molar-refractivity contribution is 0.483. The first-order valence-corrected chi connectivity index (χ1v) is 30.2. The van der Waals surface area contributed by atoms with Crippen molar-refractivity contribution in [1.29, 1.82) is 0 Å². The van der Waals surface area contributed by atoms with Crippen LogP contribution in [0.4, 0.5) is 85.3 Å². The van der Waals surface area contributed by atoms with Crippen molar-refractivity contribution in [2.75, 3.05) is 24.5 Å². The molecule has 6 nitrogen and oxygen atoms in total. The number of para-hydroxylation sites is 9. The zero-order chi connectivity index (χ0) is 57.6. The Bertz CT molecular complexity index is 4510. The normalized spacial score (nSPS) is 13.2. The molecule has 410 valence electrons. The Morgan fingerprint density at radius 1 is 0.291 bits per heavy atom. The molecule has 4 heterocycles. The maximum atomic E-state index is 6.98. The molecule has 0 N–H and O–H groups in total. The van der Waals surface area contributed by atoms with Crippen LogP contribution in [0.25, 0.3) is 0 Å². The van der Waals surface area contributed by atoms with Gasteiger partial charge in [0.25, 0.3) is 13.4 Å². The van der Waals surface area contributed by atoms with Gasteiger partial charge < -0.3 is 29.2 Å². The van der Waals surface area contributed by atoms with Gasteiger partial charge in [0.2, 0.25) is 0 Å². The van der Waals surface area contributed by atoms with Crippen LogP contribution in [0, 0.1) is 0 Å². The second-order valence-corrected chi connectivity index (χ2v) is 23.6. The number of hydrogen-bond acceptors (Lipinski definition) is 6. The molecule has 4 aliphatic heterocycles. The van der Waals surface area contributed by atoms with E-state index in [1.807, 2.05) is 30.3 Å². The van der Waals surface area contributed by atoms with E-state index in [1.54, 1.807) is 0 Å². The summed E-state index contributed by atoms with van der Waals surface area (Å²) in [5.74, 6) is 2.07. The van der Waals surface area contributed by atoms with Crippen LogP contribution in [0.15, 0.2) is 285 Å². The molecular formula is C78H61B2N5O. The Morgan fingerprint density at radius 3 is 1.03 bits per heavy atom. The second kappa shape index (κ2) is 20.7. The van der Waals surface area contributed by atoms with E-state index in [-0.39, 0.29) is 25.3 Å². The number of hydrogen-bond donors (Lipinski definition) is 0. The van der Waals surface area contributed by atoms with Crippen molar-refractivity contribution in [2.45, 2.75) is 39.5 Å². The Balaban J connectivity index is 1.03. The average molecular weight is 1110 g/mol. The van der Waals surface area contributed by atoms with Gasteiger partial charge in [-0.1, -0.05) is 198 Å². The summed E-state index contributed by atoms with van der Waals surface area (Å²) in [5, 5.41) is 0. The predicted molar refractivity (Wildman–Crippen MR) is 364 cm³/mol. The van der Waals surface area contributed by atoms with Gasteiger partial charge in [0.15, 0.2) is 0 Å². The first kappa shape index (κ1) is 51.2. The molecule has 4 aliphatic rings. The molecule has 8 heteroatoms. The third kappa shape index (κ3) is 8.18. The van der Waals surface area contributed by atoms with Crippen molar-refractivity contribution in [3.05, 3.63) is 296 Å². The molecule has 86 heavy (non-hydrogen) atoms. The molecule has 12 aromatic rings. The summed E-state index contributed by atoms with van der Waals surface area (Å²) in [7, 11) is 0. The average Bonchev–Trinajstić information content (AvgIpc) is 0.857. The lowest BCUT2D eigenvalue weighted by atomic mass is 9.30. The van der Waals surface area contributed by atoms with Gasteiger partial charge in [0, 0.05) is 91.8 Å². The Morgan fingerprint density at radius 2 is 0.628 bits per heavy atom. The zero-order valence-corrected chi connectivity index (χ0v) is 48.6. The van der Waals surface area contributed by atoms with Crippen molar-refractivity contribution in [2.24, 2.45) is 0 Å². The van der Waals surface area contributed by atoms with E-state index in [9.17, 15) is 0 Å². The van der Waals surface area contributed by atoms with Crippen molar-refractivity contribution in [3.63, 3.8) is 0 Å². The molecule has 12 aromatic carbocycles. The van der Waals surface area contributed by atoms with E-state index in [0.29, 0.717) is 0 Å². The third-order valence-corrected chi connectivity index (χ3v) is 17.9. The maximum absolute atomic E-state index is 6.98. The molecule has 0 fully saturated rings. The first-order valence-electron chi connectivity index (χ1n) is 30.2. The van der Waals surface area contributed by atoms with Crippen LogP contribution in [0.2, 0.25) is 0 Å². The van der Waals surface area contributed by atoms with Gasteiger partial charge in [-0.3, -0.25) is 0 Å². The summed E-state index contributed by atoms with van der Waals surface area (Å²) in [5.41, 5.74) is 26.9. The first-order chi connectivity index (χ1) is 42.4. The topological polar surface area (TPSA) is 25.4 Å². The Labute approximate surface area is 505 Å². The molecule has 0 saturated heterocycles. The largest absolute Gasteiger partial charge is 0.457 e. The molecule has 0 unspecified atom stereocenters. The van der Waals surface area contributed by atoms with Gasteiger partial charge in [-0.25, -0.2) is 0 Å². The summed E-state index contributed by atoms with van der Waals surface area (Å²) >= 11 is 0. The van der Waals surface area contributed by atoms with Gasteiger partial charge in [0.05, 0.1) is 5.69 Å². The van der Waals surface area contributed by atoms with Gasteiger partial charge in [-0.05, 0) is 159 Å². The van der Waals surface area contributed by atoms with Crippen LogP contribution >= 0.6 is 0 Å². The van der Waals surface area contributed by atoms with Crippen molar-refractivity contribution in [1.82, 2.24) is 0 Å². The number of fused-ring (bicyclic) bond motifs is 8. The van der Waals surface area contributed by atoms with E-state index in [1.165, 1.54) is 61.0 Å². The summed E-state index contributed by atoms with van der Waals surface area (Å²) in [6.45, 7) is 8.96. The van der Waals surface area contributed by atoms with Gasteiger partial charge >= 0.3 is 0 Å². The fourth-order valence-electron chi connectivity index (χ4n) is 14.3. The number of benzene rings is 12. The fourth-order valence-corrected chi connectivity index (χ4v) is 14.3. The minimum atomic E-state index is -0.155. The number of anilines is 15. The molecule has 0 bridgehead atoms. The highest BCUT2D eigenvalue weighted by Crippen LogP contribution is 2.52. The highest BCUT2D eigenvalue weighted by molar-refractivity contribution is 7.03. The zero-order valence-electron chi connectivity index (χ0n) is 48.6. The third-order valence-electron chi connectivity index (χ3n) is 17.9. The summed E-state index contributed by atoms with van der Waals surface area (Å²) in [6.07, 6.45) is 0. The van der Waals surface area contributed by atoms with Crippen molar-refractivity contribution in [3.8, 4) is 11.5 Å². The maximum Gasteiger partial charge on any atom is 0.252 e. The van der Waals surface area contributed by atoms with E-state index in [4.69, 9.17) is 4.74 Å². The molecule has 0 aromatic heterocycles. The highest BCUT2D eigenvalue weighted by Gasteiger charge is 2.49. The summed E-state index contributed by atoms with van der Waals surface area (Å²) in [6, 6.07) is 105. The van der Waals surface area contributed by atoms with Crippen LogP contribution < -0.4 is 62.0 Å². The molecule has 0 atom stereocenters. The Hall–Kier alpha value is -10.4. The van der Waals surface area contributed by atoms with Crippen LogP contribution in [-0.4, -0.2) is 13.4 Å². The molecule has 0 amide bonds. The molecule has 16 rings (SSSR count). The molecule has 0 saturated carbocycles. The van der Waals surface area contributed by atoms with E-state index in [2.05, 4.69) is 307 Å². The number of rotatable bonds is 11. The minimum Gasteiger partial charge on any atom is -0.457 e. The number of ether oxygens (including phenoxy) is 1. The van der Waals surface area contributed by atoms with Crippen LogP contribution in [0.3, 0.4) is 0 Å². The summed E-state index contributed by atoms with van der Waals surface area (Å²) < 4.78 is 6.98. The lowest BCUT2D eigenvalue weighted by Crippen LogP contribution is -2.65. The highest BCUT2D eigenvalue weighted by atomic mass is 16.5. The van der Waals surface area contributed by atoms with Crippen LogP contribution in [-0.2, 0) is 0 Å². The SMILES string of the molecule is CC(C)c1ccccc1N(c1cc2c3c(c1)N(c1ccccc1)c1cc4c(cc1B3c1ccccc1N2c1ccccc1)B1c2ccccc2N(c2ccccc2)c2cc(Oc3ccccc3)cc(c21)N4c1ccccc1)c1ccccc1C(C)C. The fraction of sp³-hybridized carbons (Fsp3) is 0.0769. The van der Waals surface area contributed by atoms with E-state index in [0.717, 1.165) is 79.7 Å². The van der Waals surface area contributed by atoms with E-state index >= 15 is 0 Å². The molecule has 0 aliphatic carbocycles. The molecule has 0 radical (unpaired) electrons. The molecular weight excluding hydrogens is 1040 g/mol. The Kier molecular flexibility index (Phi) is 12.3. The van der Waals surface area contributed by atoms with Gasteiger partial charge in [0.1, 0.15) is 11.5 Å². The lowest BCUT2D eigenvalue weighted by Gasteiger charge is -2.47. The monoisotopic (exact) mass is 1110 g/mol. The van der Waals surface area contributed by atoms with E-state index < -0.39 is 0 Å². The number of nitrogens with zero attached hydrogens (tertiary/aromatic N) is 5. The smallest absolute Gasteiger partial charge is 0.252 e. The second-order valence-electron chi connectivity index (χ2n) is 23.6. The summed E-state index contributed by atoms with van der Waals surface area (Å²) in [4.78, 5) is 12.6. The van der Waals surface area contributed by atoms with Crippen LogP contribution in [0.5, 0.6) is 11.5 Å².